The SMILES string of the molecule is Nc1c(NCCN2CCCC2)ccc2ncccc12. The maximum Gasteiger partial charge on any atom is 0.0724 e. The molecule has 3 rings (SSSR count). The van der Waals surface area contributed by atoms with Crippen LogP contribution in [0.5, 0.6) is 0 Å². The molecule has 1 aromatic carbocycles. The molecular weight excluding hydrogens is 236 g/mol. The lowest BCUT2D eigenvalue weighted by molar-refractivity contribution is 0.353. The molecule has 1 aliphatic heterocycles. The fourth-order valence-corrected chi connectivity index (χ4v) is 2.68. The van der Waals surface area contributed by atoms with Gasteiger partial charge in [-0.1, -0.05) is 0 Å². The summed E-state index contributed by atoms with van der Waals surface area (Å²) in [4.78, 5) is 6.80. The predicted octanol–water partition coefficient (Wildman–Crippen LogP) is 2.32. The van der Waals surface area contributed by atoms with Gasteiger partial charge in [-0.2, -0.15) is 0 Å². The minimum Gasteiger partial charge on any atom is -0.397 e. The lowest BCUT2D eigenvalue weighted by Gasteiger charge is -2.16. The van der Waals surface area contributed by atoms with Crippen LogP contribution in [0.1, 0.15) is 12.8 Å². The molecule has 0 amide bonds. The number of likely N-dealkylation sites (tertiary alicyclic amines) is 1. The van der Waals surface area contributed by atoms with Gasteiger partial charge in [-0.05, 0) is 50.2 Å². The second-order valence-corrected chi connectivity index (χ2v) is 5.07. The fourth-order valence-electron chi connectivity index (χ4n) is 2.68. The Bertz CT molecular complexity index is 561. The third-order valence-corrected chi connectivity index (χ3v) is 3.77. The second kappa shape index (κ2) is 5.45. The van der Waals surface area contributed by atoms with E-state index in [-0.39, 0.29) is 0 Å². The molecule has 1 aliphatic rings. The molecule has 0 aliphatic carbocycles. The number of aromatic nitrogens is 1. The second-order valence-electron chi connectivity index (χ2n) is 5.07. The number of fused-ring (bicyclic) bond motifs is 1. The van der Waals surface area contributed by atoms with Crippen molar-refractivity contribution in [3.63, 3.8) is 0 Å². The number of benzene rings is 1. The summed E-state index contributed by atoms with van der Waals surface area (Å²) in [6, 6.07) is 7.98. The van der Waals surface area contributed by atoms with Crippen molar-refractivity contribution in [1.82, 2.24) is 9.88 Å². The molecule has 19 heavy (non-hydrogen) atoms. The van der Waals surface area contributed by atoms with E-state index in [0.717, 1.165) is 35.4 Å². The Hall–Kier alpha value is -1.81. The standard InChI is InChI=1S/C15H20N4/c16-15-12-4-3-7-17-13(12)5-6-14(15)18-8-11-19-9-1-2-10-19/h3-7,18H,1-2,8-11,16H2. The van der Waals surface area contributed by atoms with Gasteiger partial charge < -0.3 is 16.0 Å². The van der Waals surface area contributed by atoms with Crippen LogP contribution < -0.4 is 11.1 Å². The van der Waals surface area contributed by atoms with Gasteiger partial charge in [0, 0.05) is 24.7 Å². The Morgan fingerprint density at radius 3 is 2.89 bits per heavy atom. The van der Waals surface area contributed by atoms with Gasteiger partial charge in [0.15, 0.2) is 0 Å². The van der Waals surface area contributed by atoms with Crippen molar-refractivity contribution in [2.45, 2.75) is 12.8 Å². The minimum absolute atomic E-state index is 0.798. The number of nitrogens with one attached hydrogen (secondary N) is 1. The van der Waals surface area contributed by atoms with Gasteiger partial charge in [0.1, 0.15) is 0 Å². The molecule has 0 atom stereocenters. The molecule has 1 fully saturated rings. The van der Waals surface area contributed by atoms with E-state index < -0.39 is 0 Å². The number of anilines is 2. The average molecular weight is 256 g/mol. The number of nitrogens with zero attached hydrogens (tertiary/aromatic N) is 2. The summed E-state index contributed by atoms with van der Waals surface area (Å²) in [7, 11) is 0. The first-order valence-corrected chi connectivity index (χ1v) is 6.94. The van der Waals surface area contributed by atoms with Gasteiger partial charge in [-0.3, -0.25) is 4.98 Å². The first-order chi connectivity index (χ1) is 9.34. The zero-order valence-corrected chi connectivity index (χ0v) is 11.1. The smallest absolute Gasteiger partial charge is 0.0724 e. The predicted molar refractivity (Wildman–Crippen MR) is 80.3 cm³/mol. The highest BCUT2D eigenvalue weighted by Gasteiger charge is 2.11. The first-order valence-electron chi connectivity index (χ1n) is 6.94. The Balaban J connectivity index is 1.68. The molecule has 0 unspecified atom stereocenters. The lowest BCUT2D eigenvalue weighted by Crippen LogP contribution is -2.26. The fraction of sp³-hybridized carbons (Fsp3) is 0.400. The monoisotopic (exact) mass is 256 g/mol. The molecule has 1 aromatic heterocycles. The van der Waals surface area contributed by atoms with Gasteiger partial charge in [-0.15, -0.1) is 0 Å². The molecule has 0 spiro atoms. The maximum atomic E-state index is 6.20. The van der Waals surface area contributed by atoms with E-state index in [0.29, 0.717) is 0 Å². The molecule has 2 aromatic rings. The summed E-state index contributed by atoms with van der Waals surface area (Å²) in [6.45, 7) is 4.50. The van der Waals surface area contributed by atoms with Crippen molar-refractivity contribution in [3.8, 4) is 0 Å². The number of pyridine rings is 1. The summed E-state index contributed by atoms with van der Waals surface area (Å²) in [5.74, 6) is 0. The van der Waals surface area contributed by atoms with Crippen molar-refractivity contribution < 1.29 is 0 Å². The molecular formula is C15H20N4. The van der Waals surface area contributed by atoms with Crippen LogP contribution >= 0.6 is 0 Å². The molecule has 4 heteroatoms. The molecule has 100 valence electrons. The van der Waals surface area contributed by atoms with Crippen LogP contribution in [0, 0.1) is 0 Å². The van der Waals surface area contributed by atoms with Crippen LogP contribution in [0.25, 0.3) is 10.9 Å². The van der Waals surface area contributed by atoms with Crippen LogP contribution in [0.3, 0.4) is 0 Å². The summed E-state index contributed by atoms with van der Waals surface area (Å²) < 4.78 is 0. The highest BCUT2D eigenvalue weighted by atomic mass is 15.1. The zero-order valence-electron chi connectivity index (χ0n) is 11.1. The van der Waals surface area contributed by atoms with E-state index in [1.165, 1.54) is 25.9 Å². The molecule has 1 saturated heterocycles. The highest BCUT2D eigenvalue weighted by Crippen LogP contribution is 2.27. The molecule has 0 radical (unpaired) electrons. The quantitative estimate of drug-likeness (QED) is 0.824. The number of hydrogen-bond acceptors (Lipinski definition) is 4. The minimum atomic E-state index is 0.798. The molecule has 2 heterocycles. The van der Waals surface area contributed by atoms with E-state index in [1.807, 2.05) is 24.3 Å². The Kier molecular flexibility index (Phi) is 3.51. The van der Waals surface area contributed by atoms with Crippen molar-refractivity contribution >= 4 is 22.3 Å². The maximum absolute atomic E-state index is 6.20. The van der Waals surface area contributed by atoms with E-state index in [2.05, 4.69) is 15.2 Å². The topological polar surface area (TPSA) is 54.2 Å². The van der Waals surface area contributed by atoms with E-state index in [4.69, 9.17) is 5.73 Å². The van der Waals surface area contributed by atoms with E-state index in [9.17, 15) is 0 Å². The summed E-state index contributed by atoms with van der Waals surface area (Å²) in [5, 5.41) is 4.46. The third-order valence-electron chi connectivity index (χ3n) is 3.77. The highest BCUT2D eigenvalue weighted by molar-refractivity contribution is 5.96. The first kappa shape index (κ1) is 12.2. The van der Waals surface area contributed by atoms with Crippen LogP contribution in [0.15, 0.2) is 30.5 Å². The van der Waals surface area contributed by atoms with Crippen molar-refractivity contribution in [2.24, 2.45) is 0 Å². The lowest BCUT2D eigenvalue weighted by atomic mass is 10.1. The van der Waals surface area contributed by atoms with Gasteiger partial charge in [-0.25, -0.2) is 0 Å². The van der Waals surface area contributed by atoms with Crippen LogP contribution in [-0.4, -0.2) is 36.1 Å². The third kappa shape index (κ3) is 2.63. The van der Waals surface area contributed by atoms with Gasteiger partial charge >= 0.3 is 0 Å². The Labute approximate surface area is 113 Å². The van der Waals surface area contributed by atoms with Crippen LogP contribution in [-0.2, 0) is 0 Å². The van der Waals surface area contributed by atoms with Crippen LogP contribution in [0.4, 0.5) is 11.4 Å². The van der Waals surface area contributed by atoms with Gasteiger partial charge in [0.25, 0.3) is 0 Å². The van der Waals surface area contributed by atoms with E-state index in [1.54, 1.807) is 6.20 Å². The Morgan fingerprint density at radius 2 is 2.05 bits per heavy atom. The molecule has 0 saturated carbocycles. The number of hydrogen-bond donors (Lipinski definition) is 2. The summed E-state index contributed by atoms with van der Waals surface area (Å²) in [6.07, 6.45) is 4.47. The molecule has 0 bridgehead atoms. The van der Waals surface area contributed by atoms with Crippen molar-refractivity contribution in [3.05, 3.63) is 30.5 Å². The average Bonchev–Trinajstić information content (AvgIpc) is 2.95. The van der Waals surface area contributed by atoms with Crippen molar-refractivity contribution in [2.75, 3.05) is 37.2 Å². The number of nitrogen functional groups attached to an aromatic ring is 1. The molecule has 3 N–H and O–H groups in total. The zero-order chi connectivity index (χ0) is 13.1. The van der Waals surface area contributed by atoms with E-state index >= 15 is 0 Å². The summed E-state index contributed by atoms with van der Waals surface area (Å²) >= 11 is 0. The van der Waals surface area contributed by atoms with Crippen molar-refractivity contribution in [1.29, 1.82) is 0 Å². The molecule has 4 nitrogen and oxygen atoms in total. The number of rotatable bonds is 4. The Morgan fingerprint density at radius 1 is 1.21 bits per heavy atom. The van der Waals surface area contributed by atoms with Gasteiger partial charge in [0.2, 0.25) is 0 Å². The summed E-state index contributed by atoms with van der Waals surface area (Å²) in [5.41, 5.74) is 8.96. The van der Waals surface area contributed by atoms with Crippen LogP contribution in [0.2, 0.25) is 0 Å². The van der Waals surface area contributed by atoms with Gasteiger partial charge in [0.05, 0.1) is 16.9 Å². The number of nitrogens with two attached hydrogens (primary N) is 1. The largest absolute Gasteiger partial charge is 0.397 e. The normalized spacial score (nSPS) is 16.0.